The molecule has 3 aromatic rings. The Balaban J connectivity index is 2.12. The molecule has 0 radical (unpaired) electrons. The van der Waals surface area contributed by atoms with Crippen molar-refractivity contribution in [3.05, 3.63) is 59.4 Å². The summed E-state index contributed by atoms with van der Waals surface area (Å²) in [5, 5.41) is 1.21. The minimum absolute atomic E-state index is 0.0130. The number of hydrazine groups is 1. The van der Waals surface area contributed by atoms with Gasteiger partial charge in [-0.2, -0.15) is 0 Å². The number of ether oxygens (including phenoxy) is 1. The summed E-state index contributed by atoms with van der Waals surface area (Å²) in [5.74, 6) is 8.40. The second-order valence-electron chi connectivity index (χ2n) is 13.2. The van der Waals surface area contributed by atoms with Gasteiger partial charge in [-0.3, -0.25) is 26.0 Å². The molecule has 0 fully saturated rings. The highest BCUT2D eigenvalue weighted by atomic mass is 16.5. The second-order valence-corrected chi connectivity index (χ2v) is 13.2. The number of nitrogens with two attached hydrogens (primary N) is 1. The normalized spacial score (nSPS) is 14.0. The van der Waals surface area contributed by atoms with E-state index in [-0.39, 0.29) is 23.2 Å². The number of unbranched alkanes of at least 4 members (excludes halogenated alkanes) is 1. The molecule has 0 aliphatic carbocycles. The number of carbonyl (C=O) groups is 1. The lowest BCUT2D eigenvalue weighted by Gasteiger charge is -2.25. The number of ketones is 1. The maximum atomic E-state index is 12.7. The van der Waals surface area contributed by atoms with Crippen molar-refractivity contribution < 1.29 is 9.53 Å². The van der Waals surface area contributed by atoms with Crippen molar-refractivity contribution in [1.82, 2.24) is 15.0 Å². The molecule has 3 rings (SSSR count). The third kappa shape index (κ3) is 9.25. The largest absolute Gasteiger partial charge is 0.375 e. The van der Waals surface area contributed by atoms with Gasteiger partial charge in [-0.05, 0) is 95.0 Å². The van der Waals surface area contributed by atoms with E-state index in [0.29, 0.717) is 12.8 Å². The van der Waals surface area contributed by atoms with E-state index in [1.165, 1.54) is 22.2 Å². The van der Waals surface area contributed by atoms with Crippen LogP contribution in [0.2, 0.25) is 0 Å². The fourth-order valence-electron chi connectivity index (χ4n) is 6.31. The van der Waals surface area contributed by atoms with Crippen LogP contribution in [0.5, 0.6) is 0 Å². The van der Waals surface area contributed by atoms with E-state index >= 15 is 0 Å². The topological polar surface area (TPSA) is 94.5 Å². The summed E-state index contributed by atoms with van der Waals surface area (Å²) < 4.78 is 8.18. The van der Waals surface area contributed by atoms with Gasteiger partial charge < -0.3 is 9.30 Å². The third-order valence-electron chi connectivity index (χ3n) is 8.94. The summed E-state index contributed by atoms with van der Waals surface area (Å²) in [4.78, 5) is 22.6. The first kappa shape index (κ1) is 36.9. The smallest absolute Gasteiger partial charge is 0.136 e. The molecule has 0 aliphatic rings. The van der Waals surface area contributed by atoms with Crippen LogP contribution in [0.4, 0.5) is 0 Å². The SMILES string of the molecule is C#CCCC(C)(C)Cc1c(-c2cccnc2C(C)OC)n(CC)c2ccc(/C(=C/C)N=C(C)CC(C)C(=O)CCCCNN)cc12. The lowest BCUT2D eigenvalue weighted by atomic mass is 9.80. The minimum atomic E-state index is -0.151. The predicted molar refractivity (Wildman–Crippen MR) is 193 cm³/mol. The Kier molecular flexibility index (Phi) is 13.9. The molecule has 2 aromatic heterocycles. The van der Waals surface area contributed by atoms with Crippen molar-refractivity contribution in [3.63, 3.8) is 0 Å². The summed E-state index contributed by atoms with van der Waals surface area (Å²) in [6, 6.07) is 10.9. The molecule has 46 heavy (non-hydrogen) atoms. The molecule has 0 amide bonds. The van der Waals surface area contributed by atoms with Crippen molar-refractivity contribution >= 4 is 28.1 Å². The van der Waals surface area contributed by atoms with Crippen molar-refractivity contribution in [2.45, 2.75) is 106 Å². The van der Waals surface area contributed by atoms with Crippen molar-refractivity contribution in [1.29, 1.82) is 0 Å². The molecule has 2 atom stereocenters. The number of hydrogen-bond donors (Lipinski definition) is 2. The van der Waals surface area contributed by atoms with Gasteiger partial charge in [-0.25, -0.2) is 0 Å². The van der Waals surface area contributed by atoms with Crippen LogP contribution >= 0.6 is 0 Å². The molecule has 0 spiro atoms. The lowest BCUT2D eigenvalue weighted by Crippen LogP contribution is -2.23. The Morgan fingerprint density at radius 1 is 1.26 bits per heavy atom. The zero-order valence-electron chi connectivity index (χ0n) is 29.4. The van der Waals surface area contributed by atoms with Crippen LogP contribution < -0.4 is 11.3 Å². The number of terminal acetylenes is 1. The van der Waals surface area contributed by atoms with Crippen LogP contribution in [0.25, 0.3) is 27.9 Å². The van der Waals surface area contributed by atoms with Crippen LogP contribution in [0, 0.1) is 23.7 Å². The highest BCUT2D eigenvalue weighted by Crippen LogP contribution is 2.42. The number of carbonyl (C=O) groups excluding carboxylic acids is 1. The highest BCUT2D eigenvalue weighted by Gasteiger charge is 2.28. The minimum Gasteiger partial charge on any atom is -0.375 e. The summed E-state index contributed by atoms with van der Waals surface area (Å²) in [6.07, 6.45) is 14.9. The monoisotopic (exact) mass is 625 g/mol. The number of aromatic nitrogens is 2. The number of aryl methyl sites for hydroxylation is 1. The number of fused-ring (bicyclic) bond motifs is 1. The first-order valence-electron chi connectivity index (χ1n) is 16.7. The number of hydrogen-bond acceptors (Lipinski definition) is 6. The van der Waals surface area contributed by atoms with Crippen LogP contribution in [-0.4, -0.2) is 34.7 Å². The van der Waals surface area contributed by atoms with Crippen LogP contribution in [0.15, 0.2) is 47.6 Å². The molecule has 0 saturated heterocycles. The van der Waals surface area contributed by atoms with Gasteiger partial charge in [0.05, 0.1) is 23.2 Å². The van der Waals surface area contributed by atoms with E-state index in [4.69, 9.17) is 27.0 Å². The highest BCUT2D eigenvalue weighted by molar-refractivity contribution is 5.96. The van der Waals surface area contributed by atoms with Gasteiger partial charge in [0, 0.05) is 72.9 Å². The van der Waals surface area contributed by atoms with E-state index in [2.05, 4.69) is 67.0 Å². The molecule has 1 aromatic carbocycles. The molecule has 0 bridgehead atoms. The number of rotatable bonds is 18. The number of benzene rings is 1. The predicted octanol–water partition coefficient (Wildman–Crippen LogP) is 8.46. The van der Waals surface area contributed by atoms with E-state index in [1.54, 1.807) is 7.11 Å². The summed E-state index contributed by atoms with van der Waals surface area (Å²) in [7, 11) is 1.73. The fourth-order valence-corrected chi connectivity index (χ4v) is 6.31. The molecule has 7 nitrogen and oxygen atoms in total. The van der Waals surface area contributed by atoms with Gasteiger partial charge >= 0.3 is 0 Å². The van der Waals surface area contributed by atoms with Gasteiger partial charge in [0.15, 0.2) is 0 Å². The maximum Gasteiger partial charge on any atom is 0.136 e. The Labute approximate surface area is 277 Å². The van der Waals surface area contributed by atoms with Gasteiger partial charge in [0.2, 0.25) is 0 Å². The van der Waals surface area contributed by atoms with E-state index in [0.717, 1.165) is 73.4 Å². The Hall–Kier alpha value is -3.57. The first-order chi connectivity index (χ1) is 22.0. The lowest BCUT2D eigenvalue weighted by molar-refractivity contribution is -0.122. The molecule has 7 heteroatoms. The molecule has 0 aliphatic heterocycles. The Bertz CT molecular complexity index is 1570. The van der Waals surface area contributed by atoms with Crippen LogP contribution in [0.3, 0.4) is 0 Å². The number of aliphatic imine (C=N–C) groups is 1. The fraction of sp³-hybridized carbons (Fsp3) is 0.513. The second kappa shape index (κ2) is 17.4. The molecule has 2 heterocycles. The van der Waals surface area contributed by atoms with Crippen LogP contribution in [0.1, 0.15) is 110 Å². The first-order valence-corrected chi connectivity index (χ1v) is 16.7. The molecule has 0 saturated carbocycles. The third-order valence-corrected chi connectivity index (χ3v) is 8.94. The Morgan fingerprint density at radius 2 is 2.02 bits per heavy atom. The number of nitrogens with zero attached hydrogens (tertiary/aromatic N) is 3. The summed E-state index contributed by atoms with van der Waals surface area (Å²) >= 11 is 0. The molecule has 3 N–H and O–H groups in total. The zero-order chi connectivity index (χ0) is 33.9. The molecule has 248 valence electrons. The number of allylic oxidation sites excluding steroid dienone is 1. The number of methoxy groups -OCH3 is 1. The van der Waals surface area contributed by atoms with Crippen LogP contribution in [-0.2, 0) is 22.5 Å². The summed E-state index contributed by atoms with van der Waals surface area (Å²) in [6.45, 7) is 16.4. The van der Waals surface area contributed by atoms with E-state index in [9.17, 15) is 4.79 Å². The van der Waals surface area contributed by atoms with Crippen molar-refractivity contribution in [3.8, 4) is 23.6 Å². The number of nitrogens with one attached hydrogen (secondary N) is 1. The number of pyridine rings is 1. The van der Waals surface area contributed by atoms with Crippen molar-refractivity contribution in [2.24, 2.45) is 22.2 Å². The average Bonchev–Trinajstić information content (AvgIpc) is 3.35. The average molecular weight is 626 g/mol. The van der Waals surface area contributed by atoms with Gasteiger partial charge in [-0.15, -0.1) is 12.3 Å². The van der Waals surface area contributed by atoms with E-state index < -0.39 is 0 Å². The van der Waals surface area contributed by atoms with E-state index in [1.807, 2.05) is 40.0 Å². The zero-order valence-corrected chi connectivity index (χ0v) is 29.4. The number of Topliss-reactive ketones (excluding diaryl/α,β-unsaturated/α-hetero) is 1. The van der Waals surface area contributed by atoms with Gasteiger partial charge in [0.1, 0.15) is 5.78 Å². The maximum absolute atomic E-state index is 12.7. The molecular weight excluding hydrogens is 570 g/mol. The summed E-state index contributed by atoms with van der Waals surface area (Å²) in [5.41, 5.74) is 11.2. The molecule has 2 unspecified atom stereocenters. The Morgan fingerprint density at radius 3 is 2.67 bits per heavy atom. The molecular formula is C39H55N5O2. The standard InChI is InChI=1S/C39H55N5O2/c1-10-13-21-39(7,8)26-33-32-25-30(34(11-2)43-28(5)24-27(4)36(45)18-14-15-23-42-40)19-20-35(32)44(12-3)38(33)31-17-16-22-41-37(31)29(6)46-9/h1,11,16-17,19-20,22,25,27,29,42H,12-15,18,21,23-24,26,40H2,2-9H3/b34-11-,43-28?. The van der Waals surface area contributed by atoms with Crippen molar-refractivity contribution in [2.75, 3.05) is 13.7 Å². The van der Waals surface area contributed by atoms with Gasteiger partial charge in [-0.1, -0.05) is 32.9 Å². The quantitative estimate of drug-likeness (QED) is 0.0486. The van der Waals surface area contributed by atoms with Gasteiger partial charge in [0.25, 0.3) is 0 Å².